The molecule has 0 bridgehead atoms. The van der Waals surface area contributed by atoms with Crippen molar-refractivity contribution in [2.45, 2.75) is 13.8 Å². The summed E-state index contributed by atoms with van der Waals surface area (Å²) in [5.74, 6) is 0. The van der Waals surface area contributed by atoms with Crippen LogP contribution in [0.5, 0.6) is 0 Å². The first kappa shape index (κ1) is 14.2. The Morgan fingerprint density at radius 3 is 2.89 bits per heavy atom. The largest absolute Gasteiger partial charge is 0.369 e. The fourth-order valence-corrected chi connectivity index (χ4v) is 2.41. The molecule has 0 aromatic carbocycles. The Morgan fingerprint density at radius 1 is 1.32 bits per heavy atom. The molecule has 4 nitrogen and oxygen atoms in total. The zero-order valence-corrected chi connectivity index (χ0v) is 12.9. The van der Waals surface area contributed by atoms with Gasteiger partial charge in [-0.1, -0.05) is 6.92 Å². The van der Waals surface area contributed by atoms with E-state index in [1.165, 1.54) is 0 Å². The lowest BCUT2D eigenvalue weighted by Crippen LogP contribution is -2.32. The van der Waals surface area contributed by atoms with Gasteiger partial charge >= 0.3 is 0 Å². The highest BCUT2D eigenvalue weighted by atomic mass is 79.9. The summed E-state index contributed by atoms with van der Waals surface area (Å²) in [5, 5.41) is 3.35. The fourth-order valence-electron chi connectivity index (χ4n) is 2.09. The van der Waals surface area contributed by atoms with E-state index in [2.05, 4.69) is 50.0 Å². The summed E-state index contributed by atoms with van der Waals surface area (Å²) in [6, 6.07) is 4.04. The number of likely N-dealkylation sites (N-methyl/N-ethyl adjacent to an activating group) is 2. The first-order valence-corrected chi connectivity index (χ1v) is 7.41. The van der Waals surface area contributed by atoms with Crippen LogP contribution in [-0.2, 0) is 0 Å². The van der Waals surface area contributed by atoms with Gasteiger partial charge in [-0.3, -0.25) is 9.97 Å². The maximum absolute atomic E-state index is 4.51. The van der Waals surface area contributed by atoms with Gasteiger partial charge in [0.25, 0.3) is 0 Å². The van der Waals surface area contributed by atoms with Crippen LogP contribution in [0.4, 0.5) is 5.69 Å². The average Bonchev–Trinajstić information content (AvgIpc) is 2.43. The van der Waals surface area contributed by atoms with Crippen LogP contribution in [0.25, 0.3) is 11.0 Å². The predicted octanol–water partition coefficient (Wildman–Crippen LogP) is 2.83. The van der Waals surface area contributed by atoms with Crippen molar-refractivity contribution >= 4 is 32.7 Å². The molecule has 0 amide bonds. The normalized spacial score (nSPS) is 10.9. The summed E-state index contributed by atoms with van der Waals surface area (Å²) in [6.07, 6.45) is 3.67. The minimum atomic E-state index is 0.925. The van der Waals surface area contributed by atoms with Gasteiger partial charge in [0.2, 0.25) is 0 Å². The number of halogens is 1. The fraction of sp³-hybridized carbons (Fsp3) is 0.429. The maximum atomic E-state index is 4.51. The molecule has 2 rings (SSSR count). The van der Waals surface area contributed by atoms with Gasteiger partial charge in [-0.2, -0.15) is 0 Å². The summed E-state index contributed by atoms with van der Waals surface area (Å²) in [5.41, 5.74) is 3.04. The zero-order valence-electron chi connectivity index (χ0n) is 11.4. The molecule has 0 aliphatic carbocycles. The Bertz CT molecular complexity index is 544. The van der Waals surface area contributed by atoms with Gasteiger partial charge in [-0.15, -0.1) is 0 Å². The molecule has 0 atom stereocenters. The van der Waals surface area contributed by atoms with Crippen molar-refractivity contribution in [3.05, 3.63) is 29.0 Å². The van der Waals surface area contributed by atoms with Crippen LogP contribution in [0.1, 0.15) is 13.8 Å². The Kier molecular flexibility index (Phi) is 5.10. The molecule has 0 radical (unpaired) electrons. The van der Waals surface area contributed by atoms with E-state index in [4.69, 9.17) is 0 Å². The minimum absolute atomic E-state index is 0.925. The second kappa shape index (κ2) is 6.82. The van der Waals surface area contributed by atoms with Crippen molar-refractivity contribution < 1.29 is 0 Å². The van der Waals surface area contributed by atoms with Crippen molar-refractivity contribution in [3.8, 4) is 0 Å². The van der Waals surface area contributed by atoms with Gasteiger partial charge in [-0.25, -0.2) is 0 Å². The van der Waals surface area contributed by atoms with Crippen LogP contribution < -0.4 is 10.2 Å². The number of nitrogens with zero attached hydrogens (tertiary/aromatic N) is 3. The molecule has 0 fully saturated rings. The van der Waals surface area contributed by atoms with Crippen LogP contribution in [0.15, 0.2) is 29.0 Å². The number of rotatable bonds is 6. The smallest absolute Gasteiger partial charge is 0.112 e. The van der Waals surface area contributed by atoms with Crippen molar-refractivity contribution in [1.29, 1.82) is 0 Å². The summed E-state index contributed by atoms with van der Waals surface area (Å²) in [6.45, 7) is 8.20. The lowest BCUT2D eigenvalue weighted by atomic mass is 10.2. The Morgan fingerprint density at radius 2 is 2.16 bits per heavy atom. The topological polar surface area (TPSA) is 41.0 Å². The third-order valence-corrected chi connectivity index (χ3v) is 3.49. The van der Waals surface area contributed by atoms with Crippen molar-refractivity contribution in [3.63, 3.8) is 0 Å². The van der Waals surface area contributed by atoms with Gasteiger partial charge in [0.15, 0.2) is 0 Å². The van der Waals surface area contributed by atoms with Crippen LogP contribution >= 0.6 is 15.9 Å². The average molecular weight is 323 g/mol. The molecule has 2 aromatic heterocycles. The van der Waals surface area contributed by atoms with E-state index < -0.39 is 0 Å². The van der Waals surface area contributed by atoms with Crippen LogP contribution in [0.2, 0.25) is 0 Å². The van der Waals surface area contributed by atoms with Crippen molar-refractivity contribution in [2.24, 2.45) is 0 Å². The van der Waals surface area contributed by atoms with Gasteiger partial charge in [0.05, 0.1) is 11.2 Å². The van der Waals surface area contributed by atoms with Gasteiger partial charge in [0.1, 0.15) is 5.52 Å². The highest BCUT2D eigenvalue weighted by Gasteiger charge is 2.10. The first-order valence-electron chi connectivity index (χ1n) is 6.62. The zero-order chi connectivity index (χ0) is 13.7. The molecule has 0 saturated carbocycles. The van der Waals surface area contributed by atoms with E-state index in [9.17, 15) is 0 Å². The molecule has 0 aliphatic rings. The molecule has 0 spiro atoms. The number of pyridine rings is 2. The highest BCUT2D eigenvalue weighted by Crippen LogP contribution is 2.24. The molecule has 1 N–H and O–H groups in total. The molecule has 2 aromatic rings. The quantitative estimate of drug-likeness (QED) is 0.830. The number of fused-ring (bicyclic) bond motifs is 1. The van der Waals surface area contributed by atoms with Gasteiger partial charge < -0.3 is 10.2 Å². The molecule has 102 valence electrons. The SMILES string of the molecule is CCNCCN(CC)c1ccnc2cc(Br)cnc12. The molecule has 2 heterocycles. The summed E-state index contributed by atoms with van der Waals surface area (Å²) < 4.78 is 0.959. The second-order valence-corrected chi connectivity index (χ2v) is 5.20. The van der Waals surface area contributed by atoms with E-state index in [1.807, 2.05) is 24.5 Å². The van der Waals surface area contributed by atoms with Crippen LogP contribution in [-0.4, -0.2) is 36.1 Å². The van der Waals surface area contributed by atoms with Crippen LogP contribution in [0.3, 0.4) is 0 Å². The monoisotopic (exact) mass is 322 g/mol. The Hall–Kier alpha value is -1.20. The van der Waals surface area contributed by atoms with E-state index >= 15 is 0 Å². The number of aromatic nitrogens is 2. The molecule has 19 heavy (non-hydrogen) atoms. The molecule has 0 unspecified atom stereocenters. The standard InChI is InChI=1S/C14H19BrN4/c1-3-16-7-8-19(4-2)13-5-6-17-12-9-11(15)10-18-14(12)13/h5-6,9-10,16H,3-4,7-8H2,1-2H3. The molecule has 0 saturated heterocycles. The van der Waals surface area contributed by atoms with E-state index in [-0.39, 0.29) is 0 Å². The summed E-state index contributed by atoms with van der Waals surface area (Å²) >= 11 is 3.44. The molecule has 0 aliphatic heterocycles. The molecular weight excluding hydrogens is 304 g/mol. The Balaban J connectivity index is 2.31. The second-order valence-electron chi connectivity index (χ2n) is 4.28. The number of nitrogens with one attached hydrogen (secondary N) is 1. The number of hydrogen-bond donors (Lipinski definition) is 1. The van der Waals surface area contributed by atoms with Gasteiger partial charge in [-0.05, 0) is 41.5 Å². The third kappa shape index (κ3) is 3.42. The lowest BCUT2D eigenvalue weighted by Gasteiger charge is -2.24. The van der Waals surface area contributed by atoms with Crippen molar-refractivity contribution in [2.75, 3.05) is 31.1 Å². The first-order chi connectivity index (χ1) is 9.26. The summed E-state index contributed by atoms with van der Waals surface area (Å²) in [7, 11) is 0. The lowest BCUT2D eigenvalue weighted by molar-refractivity contribution is 0.689. The minimum Gasteiger partial charge on any atom is -0.369 e. The predicted molar refractivity (Wildman–Crippen MR) is 83.7 cm³/mol. The third-order valence-electron chi connectivity index (χ3n) is 3.05. The van der Waals surface area contributed by atoms with E-state index in [0.717, 1.165) is 47.4 Å². The highest BCUT2D eigenvalue weighted by molar-refractivity contribution is 9.10. The summed E-state index contributed by atoms with van der Waals surface area (Å²) in [4.78, 5) is 11.2. The Labute approximate surface area is 122 Å². The van der Waals surface area contributed by atoms with Gasteiger partial charge in [0, 0.05) is 36.5 Å². The van der Waals surface area contributed by atoms with E-state index in [1.54, 1.807) is 0 Å². The number of anilines is 1. The molecule has 5 heteroatoms. The maximum Gasteiger partial charge on any atom is 0.112 e. The van der Waals surface area contributed by atoms with Crippen LogP contribution in [0, 0.1) is 0 Å². The molecular formula is C14H19BrN4. The van der Waals surface area contributed by atoms with Crippen molar-refractivity contribution in [1.82, 2.24) is 15.3 Å². The number of hydrogen-bond acceptors (Lipinski definition) is 4. The van der Waals surface area contributed by atoms with E-state index in [0.29, 0.717) is 0 Å².